The molecule has 8 heteroatoms. The van der Waals surface area contributed by atoms with Gasteiger partial charge >= 0.3 is 5.97 Å². The molecule has 0 bridgehead atoms. The number of esters is 1. The molecule has 0 atom stereocenters. The number of nitro benzene ring substituents is 1. The quantitative estimate of drug-likeness (QED) is 0.477. The Morgan fingerprint density at radius 2 is 2.20 bits per heavy atom. The minimum absolute atomic E-state index is 0.131. The zero-order valence-electron chi connectivity index (χ0n) is 10.8. The lowest BCUT2D eigenvalue weighted by atomic mass is 10.1. The van der Waals surface area contributed by atoms with E-state index in [-0.39, 0.29) is 29.3 Å². The van der Waals surface area contributed by atoms with E-state index in [0.717, 1.165) is 0 Å². The van der Waals surface area contributed by atoms with E-state index in [4.69, 9.17) is 9.26 Å². The van der Waals surface area contributed by atoms with Crippen molar-refractivity contribution >= 4 is 11.7 Å². The molecule has 104 valence electrons. The van der Waals surface area contributed by atoms with Gasteiger partial charge in [-0.3, -0.25) is 10.1 Å². The molecule has 0 saturated carbocycles. The first-order valence-corrected chi connectivity index (χ1v) is 5.69. The van der Waals surface area contributed by atoms with Crippen LogP contribution in [0.5, 0.6) is 0 Å². The van der Waals surface area contributed by atoms with Gasteiger partial charge in [-0.1, -0.05) is 11.2 Å². The van der Waals surface area contributed by atoms with Crippen molar-refractivity contribution in [2.75, 3.05) is 0 Å². The topological polar surface area (TPSA) is 108 Å². The number of carbonyl (C=O) groups excluding carboxylic acids is 1. The minimum Gasteiger partial charge on any atom is -0.452 e. The van der Waals surface area contributed by atoms with Crippen molar-refractivity contribution in [2.45, 2.75) is 20.5 Å². The Labute approximate surface area is 113 Å². The fraction of sp³-hybridized carbons (Fsp3) is 0.250. The van der Waals surface area contributed by atoms with E-state index >= 15 is 0 Å². The van der Waals surface area contributed by atoms with Gasteiger partial charge in [0.05, 0.1) is 10.5 Å². The van der Waals surface area contributed by atoms with Gasteiger partial charge in [0.15, 0.2) is 12.4 Å². The molecule has 8 nitrogen and oxygen atoms in total. The number of hydrogen-bond donors (Lipinski definition) is 0. The molecule has 0 amide bonds. The van der Waals surface area contributed by atoms with Crippen LogP contribution in [0.2, 0.25) is 0 Å². The summed E-state index contributed by atoms with van der Waals surface area (Å²) in [6, 6.07) is 4.22. The van der Waals surface area contributed by atoms with Crippen molar-refractivity contribution in [3.05, 3.63) is 51.2 Å². The highest BCUT2D eigenvalue weighted by molar-refractivity contribution is 5.92. The third kappa shape index (κ3) is 2.79. The summed E-state index contributed by atoms with van der Waals surface area (Å²) in [5.74, 6) is -0.0800. The van der Waals surface area contributed by atoms with Gasteiger partial charge in [-0.15, -0.1) is 0 Å². The van der Waals surface area contributed by atoms with Crippen LogP contribution in [0.3, 0.4) is 0 Å². The second kappa shape index (κ2) is 5.47. The van der Waals surface area contributed by atoms with Gasteiger partial charge < -0.3 is 9.26 Å². The fourth-order valence-corrected chi connectivity index (χ4v) is 1.65. The SMILES string of the molecule is Cc1noc(COC(=O)c2cccc([N+](=O)[O-])c2C)n1. The van der Waals surface area contributed by atoms with E-state index in [1.165, 1.54) is 25.1 Å². The summed E-state index contributed by atoms with van der Waals surface area (Å²) in [5.41, 5.74) is 0.257. The van der Waals surface area contributed by atoms with Crippen molar-refractivity contribution < 1.29 is 19.0 Å². The summed E-state index contributed by atoms with van der Waals surface area (Å²) in [6.45, 7) is 2.95. The molecule has 2 aromatic rings. The van der Waals surface area contributed by atoms with Crippen LogP contribution in [0.4, 0.5) is 5.69 Å². The molecule has 1 aromatic heterocycles. The average molecular weight is 277 g/mol. The fourth-order valence-electron chi connectivity index (χ4n) is 1.65. The van der Waals surface area contributed by atoms with Gasteiger partial charge in [-0.2, -0.15) is 4.98 Å². The summed E-state index contributed by atoms with van der Waals surface area (Å²) < 4.78 is 9.78. The number of aromatic nitrogens is 2. The largest absolute Gasteiger partial charge is 0.452 e. The molecule has 0 aliphatic rings. The molecule has 0 aliphatic heterocycles. The Morgan fingerprint density at radius 1 is 1.45 bits per heavy atom. The number of ether oxygens (including phenoxy) is 1. The maximum absolute atomic E-state index is 11.9. The van der Waals surface area contributed by atoms with Gasteiger partial charge in [-0.25, -0.2) is 4.79 Å². The monoisotopic (exact) mass is 277 g/mol. The van der Waals surface area contributed by atoms with E-state index in [0.29, 0.717) is 5.82 Å². The lowest BCUT2D eigenvalue weighted by Crippen LogP contribution is -2.08. The summed E-state index contributed by atoms with van der Waals surface area (Å²) in [7, 11) is 0. The number of benzene rings is 1. The highest BCUT2D eigenvalue weighted by Gasteiger charge is 2.19. The van der Waals surface area contributed by atoms with Crippen molar-refractivity contribution in [1.82, 2.24) is 10.1 Å². The van der Waals surface area contributed by atoms with E-state index in [1.807, 2.05) is 0 Å². The van der Waals surface area contributed by atoms with Crippen LogP contribution in [-0.4, -0.2) is 21.0 Å². The highest BCUT2D eigenvalue weighted by atomic mass is 16.6. The number of rotatable bonds is 4. The third-order valence-corrected chi connectivity index (χ3v) is 2.62. The first-order chi connectivity index (χ1) is 9.49. The second-order valence-electron chi connectivity index (χ2n) is 4.02. The highest BCUT2D eigenvalue weighted by Crippen LogP contribution is 2.21. The number of nitro groups is 1. The molecule has 0 radical (unpaired) electrons. The Bertz CT molecular complexity index is 665. The molecule has 0 N–H and O–H groups in total. The average Bonchev–Trinajstić information content (AvgIpc) is 2.81. The number of carbonyl (C=O) groups is 1. The van der Waals surface area contributed by atoms with Gasteiger partial charge in [0.1, 0.15) is 0 Å². The first kappa shape index (κ1) is 13.7. The van der Waals surface area contributed by atoms with Gasteiger partial charge in [-0.05, 0) is 19.9 Å². The van der Waals surface area contributed by atoms with Crippen LogP contribution < -0.4 is 0 Å². The summed E-state index contributed by atoms with van der Waals surface area (Å²) in [6.07, 6.45) is 0. The van der Waals surface area contributed by atoms with Gasteiger partial charge in [0.25, 0.3) is 11.6 Å². The molecule has 1 heterocycles. The molecular formula is C12H11N3O5. The van der Waals surface area contributed by atoms with Crippen LogP contribution in [0.1, 0.15) is 27.6 Å². The van der Waals surface area contributed by atoms with Gasteiger partial charge in [0.2, 0.25) is 0 Å². The minimum atomic E-state index is -0.679. The predicted molar refractivity (Wildman–Crippen MR) is 66.0 cm³/mol. The molecule has 0 fully saturated rings. The molecule has 2 rings (SSSR count). The van der Waals surface area contributed by atoms with Gasteiger partial charge in [0, 0.05) is 11.6 Å². The number of hydrogen-bond acceptors (Lipinski definition) is 7. The normalized spacial score (nSPS) is 10.3. The standard InChI is InChI=1S/C12H11N3O5/c1-7-9(4-3-5-10(7)15(17)18)12(16)19-6-11-13-8(2)14-20-11/h3-5H,6H2,1-2H3. The molecule has 1 aromatic carbocycles. The Kier molecular flexibility index (Phi) is 3.74. The Morgan fingerprint density at radius 3 is 2.80 bits per heavy atom. The predicted octanol–water partition coefficient (Wildman–Crippen LogP) is 1.95. The number of aryl methyl sites for hydroxylation is 1. The van der Waals surface area contributed by atoms with Crippen LogP contribution >= 0.6 is 0 Å². The molecule has 0 saturated heterocycles. The van der Waals surface area contributed by atoms with E-state index in [2.05, 4.69) is 10.1 Å². The second-order valence-corrected chi connectivity index (χ2v) is 4.02. The maximum Gasteiger partial charge on any atom is 0.339 e. The van der Waals surface area contributed by atoms with Crippen molar-refractivity contribution in [3.8, 4) is 0 Å². The van der Waals surface area contributed by atoms with Crippen molar-refractivity contribution in [2.24, 2.45) is 0 Å². The van der Waals surface area contributed by atoms with Crippen LogP contribution in [-0.2, 0) is 11.3 Å². The third-order valence-electron chi connectivity index (χ3n) is 2.62. The van der Waals surface area contributed by atoms with E-state index in [9.17, 15) is 14.9 Å². The van der Waals surface area contributed by atoms with E-state index < -0.39 is 10.9 Å². The Hall–Kier alpha value is -2.77. The zero-order chi connectivity index (χ0) is 14.7. The Balaban J connectivity index is 2.13. The smallest absolute Gasteiger partial charge is 0.339 e. The number of nitrogens with zero attached hydrogens (tertiary/aromatic N) is 3. The molecule has 20 heavy (non-hydrogen) atoms. The summed E-state index contributed by atoms with van der Waals surface area (Å²) >= 11 is 0. The molecule has 0 aliphatic carbocycles. The summed E-state index contributed by atoms with van der Waals surface area (Å²) in [5, 5.41) is 14.4. The lowest BCUT2D eigenvalue weighted by Gasteiger charge is -2.05. The lowest BCUT2D eigenvalue weighted by molar-refractivity contribution is -0.385. The molecule has 0 spiro atoms. The summed E-state index contributed by atoms with van der Waals surface area (Å²) in [4.78, 5) is 26.0. The van der Waals surface area contributed by atoms with E-state index in [1.54, 1.807) is 6.92 Å². The molecular weight excluding hydrogens is 266 g/mol. The van der Waals surface area contributed by atoms with Crippen molar-refractivity contribution in [1.29, 1.82) is 0 Å². The van der Waals surface area contributed by atoms with Crippen LogP contribution in [0, 0.1) is 24.0 Å². The maximum atomic E-state index is 11.9. The van der Waals surface area contributed by atoms with Crippen LogP contribution in [0.25, 0.3) is 0 Å². The first-order valence-electron chi connectivity index (χ1n) is 5.69. The molecule has 0 unspecified atom stereocenters. The van der Waals surface area contributed by atoms with Crippen molar-refractivity contribution in [3.63, 3.8) is 0 Å². The van der Waals surface area contributed by atoms with Crippen LogP contribution in [0.15, 0.2) is 22.7 Å². The zero-order valence-corrected chi connectivity index (χ0v) is 10.8.